The number of allylic oxidation sites excluding steroid dienone is 1. The first-order valence-corrected chi connectivity index (χ1v) is 24.1. The fourth-order valence-corrected chi connectivity index (χ4v) is 12.6. The minimum absolute atomic E-state index is 0.000245. The second kappa shape index (κ2) is 13.1. The van der Waals surface area contributed by atoms with Gasteiger partial charge in [-0.3, -0.25) is 0 Å². The van der Waals surface area contributed by atoms with Crippen LogP contribution in [0.15, 0.2) is 137 Å². The predicted molar refractivity (Wildman–Crippen MR) is 273 cm³/mol. The Kier molecular flexibility index (Phi) is 7.90. The summed E-state index contributed by atoms with van der Waals surface area (Å²) in [7, 11) is 0. The minimum atomic E-state index is -0.291. The van der Waals surface area contributed by atoms with Crippen molar-refractivity contribution >= 4 is 56.1 Å². The molecule has 0 spiro atoms. The maximum absolute atomic E-state index is 6.98. The maximum atomic E-state index is 6.98. The van der Waals surface area contributed by atoms with Gasteiger partial charge in [0.2, 0.25) is 0 Å². The molecule has 328 valence electrons. The highest BCUT2D eigenvalue weighted by Crippen LogP contribution is 2.65. The van der Waals surface area contributed by atoms with Crippen LogP contribution in [0.25, 0.3) is 27.6 Å². The normalized spacial score (nSPS) is 19.1. The number of rotatable bonds is 2. The molecule has 5 aliphatic rings. The third-order valence-corrected chi connectivity index (χ3v) is 16.4. The summed E-state index contributed by atoms with van der Waals surface area (Å²) >= 11 is 0. The number of furan rings is 1. The molecule has 7 aromatic carbocycles. The van der Waals surface area contributed by atoms with Crippen molar-refractivity contribution in [3.05, 3.63) is 189 Å². The number of anilines is 5. The number of nitrogens with zero attached hydrogens (tertiary/aromatic N) is 2. The molecular weight excluding hydrogens is 805 g/mol. The number of aryl methyl sites for hydroxylation is 1. The van der Waals surface area contributed by atoms with Crippen LogP contribution in [-0.4, -0.2) is 0 Å². The molecule has 8 aromatic rings. The molecule has 2 aliphatic carbocycles. The summed E-state index contributed by atoms with van der Waals surface area (Å²) in [6.07, 6.45) is 3.23. The number of hydrogen-bond donors (Lipinski definition) is 0. The van der Waals surface area contributed by atoms with Crippen molar-refractivity contribution in [2.45, 2.75) is 116 Å². The molecule has 4 heteroatoms. The SMILES string of the molecule is Cc1cc2c3c(c1)N(c1cccc4c1oc1ccccc14)c1cc4c(cc1C3C1=C(c3cc(C(C)(C)C)ccc3C1)N2c1ccc2c(c1)C(C)(C)CCC2(C)C)C(C)(C)c1ccccc1O4. The van der Waals surface area contributed by atoms with E-state index in [0.717, 1.165) is 57.7 Å². The zero-order chi connectivity index (χ0) is 45.4. The van der Waals surface area contributed by atoms with E-state index in [1.165, 1.54) is 90.4 Å². The Labute approximate surface area is 389 Å². The summed E-state index contributed by atoms with van der Waals surface area (Å²) < 4.78 is 13.9. The van der Waals surface area contributed by atoms with E-state index in [-0.39, 0.29) is 27.6 Å². The lowest BCUT2D eigenvalue weighted by molar-refractivity contribution is 0.332. The van der Waals surface area contributed by atoms with Crippen LogP contribution in [0.2, 0.25) is 0 Å². The Morgan fingerprint density at radius 1 is 0.591 bits per heavy atom. The molecule has 0 bridgehead atoms. The van der Waals surface area contributed by atoms with Crippen LogP contribution in [0.4, 0.5) is 28.4 Å². The summed E-state index contributed by atoms with van der Waals surface area (Å²) in [4.78, 5) is 5.20. The van der Waals surface area contributed by atoms with Gasteiger partial charge in [-0.05, 0) is 136 Å². The fourth-order valence-electron chi connectivity index (χ4n) is 12.6. The van der Waals surface area contributed by atoms with Crippen molar-refractivity contribution in [1.29, 1.82) is 0 Å². The molecule has 13 rings (SSSR count). The number of benzene rings is 7. The van der Waals surface area contributed by atoms with Gasteiger partial charge < -0.3 is 19.0 Å². The second-order valence-corrected chi connectivity index (χ2v) is 22.9. The highest BCUT2D eigenvalue weighted by molar-refractivity contribution is 6.12. The third-order valence-electron chi connectivity index (χ3n) is 16.4. The fraction of sp³-hybridized carbons (Fsp3) is 0.290. The van der Waals surface area contributed by atoms with Gasteiger partial charge in [-0.1, -0.05) is 129 Å². The second-order valence-electron chi connectivity index (χ2n) is 22.9. The van der Waals surface area contributed by atoms with Crippen molar-refractivity contribution in [1.82, 2.24) is 0 Å². The number of hydrogen-bond acceptors (Lipinski definition) is 4. The first kappa shape index (κ1) is 39.8. The first-order chi connectivity index (χ1) is 31.5. The van der Waals surface area contributed by atoms with Crippen LogP contribution in [0.5, 0.6) is 11.5 Å². The summed E-state index contributed by atoms with van der Waals surface area (Å²) in [6.45, 7) is 23.8. The highest BCUT2D eigenvalue weighted by Gasteiger charge is 2.48. The Bertz CT molecular complexity index is 3480. The van der Waals surface area contributed by atoms with Gasteiger partial charge in [0, 0.05) is 56.1 Å². The van der Waals surface area contributed by atoms with Gasteiger partial charge in [0.05, 0.1) is 28.4 Å². The Balaban J connectivity index is 1.15. The van der Waals surface area contributed by atoms with Crippen LogP contribution in [0.3, 0.4) is 0 Å². The zero-order valence-electron chi connectivity index (χ0n) is 40.0. The van der Waals surface area contributed by atoms with Crippen molar-refractivity contribution in [2.75, 3.05) is 9.80 Å². The number of fused-ring (bicyclic) bond motifs is 11. The van der Waals surface area contributed by atoms with Gasteiger partial charge >= 0.3 is 0 Å². The molecule has 66 heavy (non-hydrogen) atoms. The minimum Gasteiger partial charge on any atom is -0.457 e. The van der Waals surface area contributed by atoms with E-state index in [4.69, 9.17) is 9.15 Å². The molecule has 1 unspecified atom stereocenters. The summed E-state index contributed by atoms with van der Waals surface area (Å²) in [5.74, 6) is 1.83. The van der Waals surface area contributed by atoms with Crippen molar-refractivity contribution in [3.8, 4) is 11.5 Å². The van der Waals surface area contributed by atoms with E-state index >= 15 is 0 Å². The monoisotopic (exact) mass is 862 g/mol. The molecule has 0 saturated carbocycles. The van der Waals surface area contributed by atoms with Crippen LogP contribution in [0, 0.1) is 6.92 Å². The summed E-state index contributed by atoms with van der Waals surface area (Å²) in [5, 5.41) is 2.24. The standard InChI is InChI=1S/C62H58N2O2/c1-35-28-50-56-51(29-35)64(48-19-15-17-40-39-16-11-13-20-52(39)66-58(40)48)49-34-54-47(62(9,10)45-18-12-14-21-53(45)65-54)33-42(49)55(56)43-30-36-22-23-37(59(2,3)4)31-41(36)57(43)63(50)38-24-25-44-46(32-38)61(7,8)27-26-60(44,5)6/h11-25,28-29,31-34,55H,26-27,30H2,1-10H3. The molecule has 3 aliphatic heterocycles. The Hall–Kier alpha value is -6.52. The molecular formula is C62H58N2O2. The van der Waals surface area contributed by atoms with Crippen molar-refractivity contribution in [2.24, 2.45) is 0 Å². The van der Waals surface area contributed by atoms with E-state index in [0.29, 0.717) is 0 Å². The molecule has 0 saturated heterocycles. The molecule has 4 nitrogen and oxygen atoms in total. The topological polar surface area (TPSA) is 28.9 Å². The van der Waals surface area contributed by atoms with Crippen LogP contribution in [0.1, 0.15) is 137 Å². The summed E-state index contributed by atoms with van der Waals surface area (Å²) in [5.41, 5.74) is 23.7. The van der Waals surface area contributed by atoms with Crippen LogP contribution in [-0.2, 0) is 28.1 Å². The predicted octanol–water partition coefficient (Wildman–Crippen LogP) is 17.0. The third kappa shape index (κ3) is 5.39. The van der Waals surface area contributed by atoms with E-state index in [9.17, 15) is 0 Å². The Morgan fingerprint density at radius 3 is 2.12 bits per heavy atom. The van der Waals surface area contributed by atoms with E-state index in [1.807, 2.05) is 0 Å². The smallest absolute Gasteiger partial charge is 0.159 e. The van der Waals surface area contributed by atoms with Gasteiger partial charge in [-0.2, -0.15) is 0 Å². The molecule has 0 radical (unpaired) electrons. The summed E-state index contributed by atoms with van der Waals surface area (Å²) in [6, 6.07) is 48.3. The van der Waals surface area contributed by atoms with Crippen LogP contribution >= 0.6 is 0 Å². The molecule has 4 heterocycles. The van der Waals surface area contributed by atoms with Gasteiger partial charge in [0.15, 0.2) is 5.58 Å². The first-order valence-electron chi connectivity index (χ1n) is 24.1. The number of ether oxygens (including phenoxy) is 1. The maximum Gasteiger partial charge on any atom is 0.159 e. The van der Waals surface area contributed by atoms with E-state index in [2.05, 4.69) is 206 Å². The quantitative estimate of drug-likeness (QED) is 0.173. The zero-order valence-corrected chi connectivity index (χ0v) is 40.0. The lowest BCUT2D eigenvalue weighted by atomic mass is 9.63. The van der Waals surface area contributed by atoms with Crippen LogP contribution < -0.4 is 14.5 Å². The van der Waals surface area contributed by atoms with E-state index < -0.39 is 0 Å². The van der Waals surface area contributed by atoms with Gasteiger partial charge in [-0.15, -0.1) is 0 Å². The largest absolute Gasteiger partial charge is 0.457 e. The van der Waals surface area contributed by atoms with Gasteiger partial charge in [0.25, 0.3) is 0 Å². The molecule has 0 N–H and O–H groups in total. The lowest BCUT2D eigenvalue weighted by Crippen LogP contribution is -2.35. The number of para-hydroxylation sites is 3. The molecule has 0 amide bonds. The highest BCUT2D eigenvalue weighted by atomic mass is 16.5. The van der Waals surface area contributed by atoms with Gasteiger partial charge in [0.1, 0.15) is 17.1 Å². The average Bonchev–Trinajstić information content (AvgIpc) is 3.86. The lowest BCUT2D eigenvalue weighted by Gasteiger charge is -2.47. The average molecular weight is 863 g/mol. The van der Waals surface area contributed by atoms with Crippen molar-refractivity contribution in [3.63, 3.8) is 0 Å². The molecule has 1 atom stereocenters. The molecule has 0 fully saturated rings. The van der Waals surface area contributed by atoms with Crippen molar-refractivity contribution < 1.29 is 9.15 Å². The molecule has 1 aromatic heterocycles. The Morgan fingerprint density at radius 2 is 1.32 bits per heavy atom. The van der Waals surface area contributed by atoms with Gasteiger partial charge in [-0.25, -0.2) is 0 Å². The van der Waals surface area contributed by atoms with E-state index in [1.54, 1.807) is 0 Å².